The zero-order valence-corrected chi connectivity index (χ0v) is 13.6. The zero-order valence-electron chi connectivity index (χ0n) is 12.1. The molecule has 6 nitrogen and oxygen atoms in total. The Balaban J connectivity index is 2.08. The summed E-state index contributed by atoms with van der Waals surface area (Å²) in [5.74, 6) is 0.440. The molecule has 0 aromatic carbocycles. The Morgan fingerprint density at radius 2 is 2.24 bits per heavy atom. The lowest BCUT2D eigenvalue weighted by Gasteiger charge is -2.11. The molecule has 7 heteroatoms. The van der Waals surface area contributed by atoms with E-state index in [0.29, 0.717) is 17.9 Å². The first kappa shape index (κ1) is 15.5. The number of carbonyl (C=O) groups excluding carboxylic acids is 1. The molecule has 2 aromatic heterocycles. The topological polar surface area (TPSA) is 71.8 Å². The summed E-state index contributed by atoms with van der Waals surface area (Å²) in [6, 6.07) is 1.77. The van der Waals surface area contributed by atoms with Crippen LogP contribution in [0.15, 0.2) is 29.1 Å². The van der Waals surface area contributed by atoms with Crippen molar-refractivity contribution in [3.63, 3.8) is 0 Å². The first-order valence-electron chi connectivity index (χ1n) is 6.75. The number of amides is 1. The van der Waals surface area contributed by atoms with Crippen molar-refractivity contribution in [2.45, 2.75) is 19.9 Å². The lowest BCUT2D eigenvalue weighted by atomic mass is 10.2. The van der Waals surface area contributed by atoms with E-state index in [1.54, 1.807) is 23.1 Å². The van der Waals surface area contributed by atoms with Gasteiger partial charge < -0.3 is 10.6 Å². The van der Waals surface area contributed by atoms with E-state index in [1.807, 2.05) is 13.2 Å². The highest BCUT2D eigenvalue weighted by Gasteiger charge is 2.13. The van der Waals surface area contributed by atoms with Crippen LogP contribution in [0.1, 0.15) is 29.3 Å². The second kappa shape index (κ2) is 7.21. The molecule has 2 aromatic rings. The van der Waals surface area contributed by atoms with Gasteiger partial charge in [0.15, 0.2) is 0 Å². The molecule has 2 heterocycles. The van der Waals surface area contributed by atoms with E-state index in [4.69, 9.17) is 0 Å². The SMILES string of the molecule is CCCNc1ncc(Br)cc1C(=O)NCc1cnn(C)c1. The molecule has 21 heavy (non-hydrogen) atoms. The van der Waals surface area contributed by atoms with Crippen molar-refractivity contribution >= 4 is 27.7 Å². The smallest absolute Gasteiger partial charge is 0.255 e. The highest BCUT2D eigenvalue weighted by atomic mass is 79.9. The summed E-state index contributed by atoms with van der Waals surface area (Å²) in [4.78, 5) is 16.6. The molecule has 0 unspecified atom stereocenters. The molecule has 0 radical (unpaired) electrons. The number of halogens is 1. The van der Waals surface area contributed by atoms with E-state index in [-0.39, 0.29) is 5.91 Å². The Labute approximate surface area is 132 Å². The molecule has 0 saturated heterocycles. The predicted octanol–water partition coefficient (Wildman–Crippen LogP) is 2.33. The van der Waals surface area contributed by atoms with Crippen molar-refractivity contribution in [2.75, 3.05) is 11.9 Å². The number of nitrogens with one attached hydrogen (secondary N) is 2. The molecule has 0 aliphatic rings. The fraction of sp³-hybridized carbons (Fsp3) is 0.357. The largest absolute Gasteiger partial charge is 0.369 e. The fourth-order valence-corrected chi connectivity index (χ4v) is 2.17. The van der Waals surface area contributed by atoms with Crippen molar-refractivity contribution in [3.8, 4) is 0 Å². The van der Waals surface area contributed by atoms with Gasteiger partial charge in [-0.05, 0) is 28.4 Å². The van der Waals surface area contributed by atoms with Gasteiger partial charge in [0, 0.05) is 42.6 Å². The molecule has 0 spiro atoms. The number of pyridine rings is 1. The van der Waals surface area contributed by atoms with Crippen LogP contribution in [-0.4, -0.2) is 27.2 Å². The molecule has 2 N–H and O–H groups in total. The minimum Gasteiger partial charge on any atom is -0.369 e. The van der Waals surface area contributed by atoms with Crippen molar-refractivity contribution < 1.29 is 4.79 Å². The third-order valence-electron chi connectivity index (χ3n) is 2.85. The third-order valence-corrected chi connectivity index (χ3v) is 3.29. The highest BCUT2D eigenvalue weighted by Crippen LogP contribution is 2.18. The average molecular weight is 352 g/mol. The lowest BCUT2D eigenvalue weighted by Crippen LogP contribution is -2.24. The number of aromatic nitrogens is 3. The number of nitrogens with zero attached hydrogens (tertiary/aromatic N) is 3. The van der Waals surface area contributed by atoms with E-state index >= 15 is 0 Å². The van der Waals surface area contributed by atoms with Gasteiger partial charge >= 0.3 is 0 Å². The Morgan fingerprint density at radius 1 is 1.43 bits per heavy atom. The molecule has 1 amide bonds. The first-order valence-corrected chi connectivity index (χ1v) is 7.54. The Bertz CT molecular complexity index is 626. The average Bonchev–Trinajstić information content (AvgIpc) is 2.89. The second-order valence-corrected chi connectivity index (χ2v) is 5.60. The summed E-state index contributed by atoms with van der Waals surface area (Å²) in [5, 5.41) is 10.1. The van der Waals surface area contributed by atoms with Crippen molar-refractivity contribution in [1.29, 1.82) is 0 Å². The van der Waals surface area contributed by atoms with Crippen LogP contribution in [0.3, 0.4) is 0 Å². The van der Waals surface area contributed by atoms with E-state index < -0.39 is 0 Å². The van der Waals surface area contributed by atoms with Gasteiger partial charge in [-0.1, -0.05) is 6.92 Å². The monoisotopic (exact) mass is 351 g/mol. The van der Waals surface area contributed by atoms with Gasteiger partial charge in [0.25, 0.3) is 5.91 Å². The zero-order chi connectivity index (χ0) is 15.2. The minimum atomic E-state index is -0.161. The molecule has 0 bridgehead atoms. The predicted molar refractivity (Wildman–Crippen MR) is 85.1 cm³/mol. The van der Waals surface area contributed by atoms with Crippen molar-refractivity contribution in [1.82, 2.24) is 20.1 Å². The van der Waals surface area contributed by atoms with Gasteiger partial charge in [0.2, 0.25) is 0 Å². The fourth-order valence-electron chi connectivity index (χ4n) is 1.84. The van der Waals surface area contributed by atoms with Crippen LogP contribution in [0.4, 0.5) is 5.82 Å². The Hall–Kier alpha value is -1.89. The highest BCUT2D eigenvalue weighted by molar-refractivity contribution is 9.10. The molecule has 0 aliphatic heterocycles. The molecular weight excluding hydrogens is 334 g/mol. The van der Waals surface area contributed by atoms with Crippen LogP contribution < -0.4 is 10.6 Å². The molecule has 0 saturated carbocycles. The molecule has 112 valence electrons. The maximum Gasteiger partial charge on any atom is 0.255 e. The van der Waals surface area contributed by atoms with Gasteiger partial charge in [-0.25, -0.2) is 4.98 Å². The molecule has 2 rings (SSSR count). The number of rotatable bonds is 6. The standard InChI is InChI=1S/C14H18BrN5O/c1-3-4-16-13-12(5-11(15)8-17-13)14(21)18-6-10-7-19-20(2)9-10/h5,7-9H,3-4,6H2,1-2H3,(H,16,17)(H,18,21). The number of aryl methyl sites for hydroxylation is 1. The number of hydrogen-bond donors (Lipinski definition) is 2. The summed E-state index contributed by atoms with van der Waals surface area (Å²) in [7, 11) is 1.84. The lowest BCUT2D eigenvalue weighted by molar-refractivity contribution is 0.0951. The second-order valence-electron chi connectivity index (χ2n) is 4.68. The van der Waals surface area contributed by atoms with E-state index in [9.17, 15) is 4.79 Å². The van der Waals surface area contributed by atoms with Crippen LogP contribution in [0.2, 0.25) is 0 Å². The van der Waals surface area contributed by atoms with Gasteiger partial charge in [-0.15, -0.1) is 0 Å². The summed E-state index contributed by atoms with van der Waals surface area (Å²) in [6.45, 7) is 3.28. The van der Waals surface area contributed by atoms with Gasteiger partial charge in [-0.3, -0.25) is 9.48 Å². The summed E-state index contributed by atoms with van der Waals surface area (Å²) < 4.78 is 2.48. The van der Waals surface area contributed by atoms with Crippen LogP contribution in [0, 0.1) is 0 Å². The number of anilines is 1. The van der Waals surface area contributed by atoms with Crippen LogP contribution >= 0.6 is 15.9 Å². The maximum absolute atomic E-state index is 12.3. The molecular formula is C14H18BrN5O. The Morgan fingerprint density at radius 3 is 2.90 bits per heavy atom. The number of hydrogen-bond acceptors (Lipinski definition) is 4. The third kappa shape index (κ3) is 4.29. The van der Waals surface area contributed by atoms with E-state index in [2.05, 4.69) is 43.6 Å². The molecule has 0 fully saturated rings. The summed E-state index contributed by atoms with van der Waals surface area (Å²) >= 11 is 3.35. The minimum absolute atomic E-state index is 0.161. The Kier molecular flexibility index (Phi) is 5.32. The molecule has 0 atom stereocenters. The van der Waals surface area contributed by atoms with E-state index in [0.717, 1.165) is 23.0 Å². The quantitative estimate of drug-likeness (QED) is 0.837. The van der Waals surface area contributed by atoms with Crippen LogP contribution in [0.25, 0.3) is 0 Å². The number of carbonyl (C=O) groups is 1. The van der Waals surface area contributed by atoms with Crippen molar-refractivity contribution in [3.05, 3.63) is 40.3 Å². The van der Waals surface area contributed by atoms with Crippen LogP contribution in [0.5, 0.6) is 0 Å². The van der Waals surface area contributed by atoms with Gasteiger partial charge in [0.1, 0.15) is 5.82 Å². The van der Waals surface area contributed by atoms with E-state index in [1.165, 1.54) is 0 Å². The van der Waals surface area contributed by atoms with Gasteiger partial charge in [-0.2, -0.15) is 5.10 Å². The van der Waals surface area contributed by atoms with Gasteiger partial charge in [0.05, 0.1) is 11.8 Å². The normalized spacial score (nSPS) is 10.4. The maximum atomic E-state index is 12.3. The van der Waals surface area contributed by atoms with Crippen LogP contribution in [-0.2, 0) is 13.6 Å². The first-order chi connectivity index (χ1) is 10.1. The molecule has 0 aliphatic carbocycles. The van der Waals surface area contributed by atoms with Crippen molar-refractivity contribution in [2.24, 2.45) is 7.05 Å². The summed E-state index contributed by atoms with van der Waals surface area (Å²) in [6.07, 6.45) is 6.25. The summed E-state index contributed by atoms with van der Waals surface area (Å²) in [5.41, 5.74) is 1.48.